The van der Waals surface area contributed by atoms with E-state index in [2.05, 4.69) is 20.9 Å². The molecule has 2 atom stereocenters. The van der Waals surface area contributed by atoms with Crippen LogP contribution in [-0.2, 0) is 32.0 Å². The quantitative estimate of drug-likeness (QED) is 0.129. The number of aryl methyl sites for hydroxylation is 2. The van der Waals surface area contributed by atoms with Gasteiger partial charge in [-0.05, 0) is 62.6 Å². The zero-order chi connectivity index (χ0) is 32.5. The molecule has 1 aromatic carbocycles. The van der Waals surface area contributed by atoms with Crippen molar-refractivity contribution in [1.29, 1.82) is 0 Å². The summed E-state index contributed by atoms with van der Waals surface area (Å²) < 4.78 is 14.0. The first-order valence-corrected chi connectivity index (χ1v) is 14.5. The first-order valence-electron chi connectivity index (χ1n) is 14.5. The number of nitrogens with zero attached hydrogens (tertiary/aromatic N) is 4. The molecule has 0 radical (unpaired) electrons. The number of urea groups is 1. The van der Waals surface area contributed by atoms with Crippen molar-refractivity contribution in [2.75, 3.05) is 26.8 Å². The molecule has 0 saturated carbocycles. The van der Waals surface area contributed by atoms with E-state index in [1.54, 1.807) is 10.9 Å². The van der Waals surface area contributed by atoms with Gasteiger partial charge < -0.3 is 30.9 Å². The van der Waals surface area contributed by atoms with Gasteiger partial charge in [0.25, 0.3) is 0 Å². The van der Waals surface area contributed by atoms with E-state index in [0.29, 0.717) is 51.5 Å². The predicted octanol–water partition coefficient (Wildman–Crippen LogP) is 2.44. The van der Waals surface area contributed by atoms with Crippen LogP contribution >= 0.6 is 0 Å². The van der Waals surface area contributed by atoms with Crippen molar-refractivity contribution in [2.45, 2.75) is 70.3 Å². The van der Waals surface area contributed by atoms with E-state index in [1.165, 1.54) is 7.05 Å². The highest BCUT2D eigenvalue weighted by atomic mass is 19.1. The summed E-state index contributed by atoms with van der Waals surface area (Å²) in [7, 11) is 1.33. The number of alkyl halides is 1. The third-order valence-electron chi connectivity index (χ3n) is 6.91. The highest BCUT2D eigenvalue weighted by Gasteiger charge is 2.26. The van der Waals surface area contributed by atoms with Crippen LogP contribution in [0.5, 0.6) is 0 Å². The van der Waals surface area contributed by atoms with Gasteiger partial charge in [0.15, 0.2) is 0 Å². The lowest BCUT2D eigenvalue weighted by atomic mass is 10.0. The summed E-state index contributed by atoms with van der Waals surface area (Å²) in [4.78, 5) is 59.3. The van der Waals surface area contributed by atoms with Crippen LogP contribution in [0.3, 0.4) is 0 Å². The summed E-state index contributed by atoms with van der Waals surface area (Å²) in [5.41, 5.74) is 2.64. The highest BCUT2D eigenvalue weighted by Crippen LogP contribution is 2.13. The Morgan fingerprint density at radius 3 is 2.30 bits per heavy atom. The lowest BCUT2D eigenvalue weighted by Gasteiger charge is -2.24. The normalized spacial score (nSPS) is 12.2. The molecule has 242 valence electrons. The molecule has 5 N–H and O–H groups in total. The molecule has 3 amide bonds. The monoisotopic (exact) mass is 620 g/mol. The smallest absolute Gasteiger partial charge is 0.326 e. The van der Waals surface area contributed by atoms with Gasteiger partial charge in [-0.1, -0.05) is 23.8 Å². The average molecular weight is 621 g/mol. The molecule has 1 heterocycles. The maximum Gasteiger partial charge on any atom is 0.326 e. The second-order valence-electron chi connectivity index (χ2n) is 10.5. The van der Waals surface area contributed by atoms with Crippen molar-refractivity contribution < 1.29 is 43.7 Å². The fourth-order valence-corrected chi connectivity index (χ4v) is 4.38. The van der Waals surface area contributed by atoms with Gasteiger partial charge in [-0.25, -0.2) is 14.3 Å². The van der Waals surface area contributed by atoms with Crippen LogP contribution in [0, 0.1) is 5.92 Å². The summed E-state index contributed by atoms with van der Waals surface area (Å²) in [5.74, 6) is -4.70. The van der Waals surface area contributed by atoms with Gasteiger partial charge in [0, 0.05) is 33.0 Å². The molecule has 1 aromatic heterocycles. The number of carboxylic acid groups (broad SMARTS) is 3. The molecule has 0 spiro atoms. The highest BCUT2D eigenvalue weighted by molar-refractivity contribution is 5.83. The Kier molecular flexibility index (Phi) is 15.3. The van der Waals surface area contributed by atoms with Crippen LogP contribution in [0.1, 0.15) is 62.6 Å². The van der Waals surface area contributed by atoms with Crippen LogP contribution in [0.15, 0.2) is 30.5 Å². The lowest BCUT2D eigenvalue weighted by molar-refractivity contribution is -0.143. The number of aromatic nitrogens is 3. The fourth-order valence-electron chi connectivity index (χ4n) is 4.38. The van der Waals surface area contributed by atoms with Gasteiger partial charge in [0.1, 0.15) is 6.04 Å². The minimum absolute atomic E-state index is 0.105. The fraction of sp³-hybridized carbons (Fsp3) is 0.552. The molecule has 2 aromatic rings. The Balaban J connectivity index is 1.65. The van der Waals surface area contributed by atoms with Gasteiger partial charge >= 0.3 is 23.9 Å². The predicted molar refractivity (Wildman–Crippen MR) is 156 cm³/mol. The Labute approximate surface area is 254 Å². The molecular weight excluding hydrogens is 579 g/mol. The Morgan fingerprint density at radius 1 is 0.932 bits per heavy atom. The number of rotatable bonds is 21. The molecule has 0 aliphatic rings. The number of nitrogens with one attached hydrogen (secondary N) is 2. The molecule has 0 fully saturated rings. The third kappa shape index (κ3) is 13.2. The third-order valence-corrected chi connectivity index (χ3v) is 6.91. The molecule has 44 heavy (non-hydrogen) atoms. The number of carbonyl (C=O) groups excluding carboxylic acids is 2. The minimum Gasteiger partial charge on any atom is -0.481 e. The van der Waals surface area contributed by atoms with Gasteiger partial charge in [0.2, 0.25) is 5.91 Å². The zero-order valence-corrected chi connectivity index (χ0v) is 24.8. The summed E-state index contributed by atoms with van der Waals surface area (Å²) >= 11 is 0. The standard InChI is InChI=1S/C29H41FN6O8/c1-35(29(44)32-24(28(42)43)14-15-26(38)39)18-21(27(40)41)7-2-3-17-31-25(37)9-4-6-20-10-12-23(13-11-20)36-19-22(33-34-36)8-5-16-30/h10-13,19,21,24H,2-9,14-18H2,1H3,(H,31,37)(H,32,44)(H,38,39)(H,40,41)(H,42,43)/t21?,24-/m0/s1. The molecule has 0 bridgehead atoms. The van der Waals surface area contributed by atoms with Gasteiger partial charge in [-0.3, -0.25) is 18.8 Å². The van der Waals surface area contributed by atoms with Crippen LogP contribution in [0.4, 0.5) is 9.18 Å². The number of halogens is 1. The average Bonchev–Trinajstić information content (AvgIpc) is 3.46. The van der Waals surface area contributed by atoms with Crippen LogP contribution in [-0.4, -0.2) is 97.9 Å². The van der Waals surface area contributed by atoms with E-state index in [4.69, 9.17) is 5.11 Å². The number of unbranched alkanes of at least 4 members (excludes halogenated alkanes) is 1. The zero-order valence-electron chi connectivity index (χ0n) is 24.8. The second kappa shape index (κ2) is 18.9. The number of carboxylic acids is 3. The van der Waals surface area contributed by atoms with Crippen molar-refractivity contribution in [3.63, 3.8) is 0 Å². The SMILES string of the molecule is CN(CC(CCCCNC(=O)CCCc1ccc(-n2cc(CCCF)nn2)cc1)C(=O)O)C(=O)N[C@@H](CCC(=O)O)C(=O)O. The molecule has 0 aliphatic carbocycles. The Bertz CT molecular complexity index is 1240. The first kappa shape index (κ1) is 35.6. The minimum atomic E-state index is -1.41. The number of carbonyl (C=O) groups is 5. The first-order chi connectivity index (χ1) is 21.0. The molecule has 14 nitrogen and oxygen atoms in total. The van der Waals surface area contributed by atoms with E-state index >= 15 is 0 Å². The molecule has 15 heteroatoms. The van der Waals surface area contributed by atoms with Crippen LogP contribution in [0.2, 0.25) is 0 Å². The summed E-state index contributed by atoms with van der Waals surface area (Å²) in [6, 6.07) is 5.51. The number of benzene rings is 1. The number of amides is 3. The number of hydrogen-bond donors (Lipinski definition) is 5. The van der Waals surface area contributed by atoms with E-state index in [9.17, 15) is 38.6 Å². The second-order valence-corrected chi connectivity index (χ2v) is 10.5. The van der Waals surface area contributed by atoms with Crippen LogP contribution < -0.4 is 10.6 Å². The molecule has 0 aliphatic heterocycles. The van der Waals surface area contributed by atoms with Crippen LogP contribution in [0.25, 0.3) is 5.69 Å². The summed E-state index contributed by atoms with van der Waals surface area (Å²) in [6.07, 6.45) is 4.95. The molecular formula is C29H41FN6O8. The number of hydrogen-bond acceptors (Lipinski definition) is 7. The van der Waals surface area contributed by atoms with Gasteiger partial charge in [-0.15, -0.1) is 5.10 Å². The van der Waals surface area contributed by atoms with E-state index in [0.717, 1.165) is 21.8 Å². The van der Waals surface area contributed by atoms with Crippen molar-refractivity contribution >= 4 is 29.8 Å². The maximum absolute atomic E-state index is 12.3. The summed E-state index contributed by atoms with van der Waals surface area (Å²) in [5, 5.41) is 40.6. The van der Waals surface area contributed by atoms with Crippen molar-refractivity contribution in [2.24, 2.45) is 5.92 Å². The summed E-state index contributed by atoms with van der Waals surface area (Å²) in [6.45, 7) is -0.180. The van der Waals surface area contributed by atoms with Crippen molar-refractivity contribution in [3.8, 4) is 5.69 Å². The Hall–Kier alpha value is -4.56. The molecule has 2 rings (SSSR count). The molecule has 0 saturated heterocycles. The topological polar surface area (TPSA) is 204 Å². The van der Waals surface area contributed by atoms with Gasteiger partial charge in [-0.2, -0.15) is 0 Å². The Morgan fingerprint density at radius 2 is 1.66 bits per heavy atom. The number of aliphatic carboxylic acids is 3. The maximum atomic E-state index is 12.3. The van der Waals surface area contributed by atoms with E-state index < -0.39 is 49.0 Å². The van der Waals surface area contributed by atoms with Crippen molar-refractivity contribution in [1.82, 2.24) is 30.5 Å². The van der Waals surface area contributed by atoms with E-state index in [1.807, 2.05) is 24.3 Å². The largest absolute Gasteiger partial charge is 0.481 e. The van der Waals surface area contributed by atoms with Gasteiger partial charge in [0.05, 0.1) is 30.2 Å². The lowest BCUT2D eigenvalue weighted by Crippen LogP contribution is -2.48. The van der Waals surface area contributed by atoms with Crippen molar-refractivity contribution in [3.05, 3.63) is 41.7 Å². The molecule has 1 unspecified atom stereocenters. The van der Waals surface area contributed by atoms with E-state index in [-0.39, 0.29) is 25.3 Å².